The Morgan fingerprint density at radius 3 is 2.71 bits per heavy atom. The van der Waals surface area contributed by atoms with Crippen LogP contribution in [0.25, 0.3) is 11.1 Å². The highest BCUT2D eigenvalue weighted by Crippen LogP contribution is 2.40. The van der Waals surface area contributed by atoms with E-state index in [0.29, 0.717) is 47.1 Å². The molecular weight excluding hydrogens is 398 g/mol. The molecule has 3 aromatic rings. The fourth-order valence-electron chi connectivity index (χ4n) is 3.68. The van der Waals surface area contributed by atoms with Gasteiger partial charge in [-0.25, -0.2) is 9.97 Å². The van der Waals surface area contributed by atoms with Crippen molar-refractivity contribution in [2.45, 2.75) is 38.8 Å². The Bertz CT molecular complexity index is 1100. The largest absolute Gasteiger partial charge is 0.442 e. The number of aromatic nitrogens is 4. The van der Waals surface area contributed by atoms with Crippen LogP contribution in [0.15, 0.2) is 22.9 Å². The summed E-state index contributed by atoms with van der Waals surface area (Å²) >= 11 is 0. The van der Waals surface area contributed by atoms with Crippen molar-refractivity contribution in [3.63, 3.8) is 0 Å². The highest BCUT2D eigenvalue weighted by molar-refractivity contribution is 6.10. The van der Waals surface area contributed by atoms with Gasteiger partial charge in [0.05, 0.1) is 36.4 Å². The first-order valence-electron chi connectivity index (χ1n) is 10.5. The van der Waals surface area contributed by atoms with E-state index < -0.39 is 0 Å². The zero-order valence-electron chi connectivity index (χ0n) is 17.6. The van der Waals surface area contributed by atoms with Gasteiger partial charge < -0.3 is 24.7 Å². The van der Waals surface area contributed by atoms with E-state index in [4.69, 9.17) is 9.15 Å². The van der Waals surface area contributed by atoms with E-state index in [-0.39, 0.29) is 18.0 Å². The van der Waals surface area contributed by atoms with E-state index in [2.05, 4.69) is 42.6 Å². The number of nitrogens with one attached hydrogen (secondary N) is 2. The van der Waals surface area contributed by atoms with Gasteiger partial charge in [0.2, 0.25) is 5.71 Å². The van der Waals surface area contributed by atoms with Crippen LogP contribution < -0.4 is 15.5 Å². The summed E-state index contributed by atoms with van der Waals surface area (Å²) in [6.07, 6.45) is 3.58. The minimum absolute atomic E-state index is 0.0119. The van der Waals surface area contributed by atoms with E-state index in [0.717, 1.165) is 31.7 Å². The van der Waals surface area contributed by atoms with Crippen molar-refractivity contribution in [3.05, 3.63) is 35.5 Å². The predicted molar refractivity (Wildman–Crippen MR) is 114 cm³/mol. The van der Waals surface area contributed by atoms with Crippen LogP contribution in [0.4, 0.5) is 11.6 Å². The molecule has 10 heteroatoms. The fourth-order valence-corrected chi connectivity index (χ4v) is 3.68. The third-order valence-electron chi connectivity index (χ3n) is 5.78. The number of carbonyl (C=O) groups is 1. The van der Waals surface area contributed by atoms with Crippen molar-refractivity contribution >= 4 is 28.6 Å². The molecule has 0 unspecified atom stereocenters. The number of aryl methyl sites for hydroxylation is 1. The molecule has 0 aromatic carbocycles. The van der Waals surface area contributed by atoms with Gasteiger partial charge in [-0.1, -0.05) is 0 Å². The summed E-state index contributed by atoms with van der Waals surface area (Å²) in [5.41, 5.74) is 1.54. The maximum atomic E-state index is 13.0. The molecule has 10 nitrogen and oxygen atoms in total. The maximum absolute atomic E-state index is 13.0. The lowest BCUT2D eigenvalue weighted by molar-refractivity contribution is 0.0950. The average Bonchev–Trinajstić information content (AvgIpc) is 3.40. The molecular formula is C21H25N7O3. The zero-order valence-corrected chi connectivity index (χ0v) is 17.6. The van der Waals surface area contributed by atoms with Crippen LogP contribution in [-0.2, 0) is 11.3 Å². The summed E-state index contributed by atoms with van der Waals surface area (Å²) in [4.78, 5) is 23.7. The number of rotatable bonds is 6. The Kier molecular flexibility index (Phi) is 4.93. The predicted octanol–water partition coefficient (Wildman–Crippen LogP) is 2.05. The van der Waals surface area contributed by atoms with Crippen LogP contribution >= 0.6 is 0 Å². The number of amides is 1. The summed E-state index contributed by atoms with van der Waals surface area (Å²) in [5.74, 6) is 1.69. The van der Waals surface area contributed by atoms with Gasteiger partial charge >= 0.3 is 0 Å². The van der Waals surface area contributed by atoms with Crippen LogP contribution in [0, 0.1) is 6.92 Å². The molecule has 5 rings (SSSR count). The van der Waals surface area contributed by atoms with Gasteiger partial charge in [0.15, 0.2) is 5.82 Å². The van der Waals surface area contributed by atoms with Crippen molar-refractivity contribution in [1.82, 2.24) is 25.5 Å². The van der Waals surface area contributed by atoms with E-state index in [1.807, 2.05) is 12.1 Å². The van der Waals surface area contributed by atoms with Crippen molar-refractivity contribution in [2.75, 3.05) is 36.5 Å². The number of carbonyl (C=O) groups excluding carboxylic acids is 1. The molecule has 0 radical (unpaired) electrons. The molecule has 1 saturated carbocycles. The van der Waals surface area contributed by atoms with Crippen molar-refractivity contribution < 1.29 is 13.9 Å². The molecule has 0 spiro atoms. The molecule has 0 bridgehead atoms. The first kappa shape index (κ1) is 19.7. The number of ether oxygens (including phenoxy) is 1. The molecule has 1 aliphatic carbocycles. The summed E-state index contributed by atoms with van der Waals surface area (Å²) in [5, 5.41) is 15.5. The third-order valence-corrected chi connectivity index (χ3v) is 5.78. The van der Waals surface area contributed by atoms with E-state index in [1.54, 1.807) is 6.92 Å². The molecule has 1 amide bonds. The van der Waals surface area contributed by atoms with Gasteiger partial charge in [-0.05, 0) is 38.8 Å². The van der Waals surface area contributed by atoms with Gasteiger partial charge in [0.25, 0.3) is 5.91 Å². The third kappa shape index (κ3) is 4.02. The lowest BCUT2D eigenvalue weighted by Crippen LogP contribution is -2.37. The fraction of sp³-hybridized carbons (Fsp3) is 0.476. The Morgan fingerprint density at radius 2 is 2.00 bits per heavy atom. The zero-order chi connectivity index (χ0) is 21.4. The smallest absolute Gasteiger partial charge is 0.255 e. The molecule has 0 atom stereocenters. The highest BCUT2D eigenvalue weighted by atomic mass is 16.5. The molecule has 2 N–H and O–H groups in total. The Morgan fingerprint density at radius 1 is 1.19 bits per heavy atom. The van der Waals surface area contributed by atoms with Crippen molar-refractivity contribution in [3.8, 4) is 0 Å². The number of nitrogens with zero attached hydrogens (tertiary/aromatic N) is 5. The summed E-state index contributed by atoms with van der Waals surface area (Å²) in [7, 11) is 0. The number of hydrogen-bond donors (Lipinski definition) is 2. The number of anilines is 2. The second-order valence-electron chi connectivity index (χ2n) is 8.29. The molecule has 2 fully saturated rings. The molecule has 4 heterocycles. The first-order chi connectivity index (χ1) is 15.0. The monoisotopic (exact) mass is 423 g/mol. The number of hydrogen-bond acceptors (Lipinski definition) is 9. The van der Waals surface area contributed by atoms with E-state index >= 15 is 0 Å². The SMILES string of the molecule is Cc1oc2ncnc(NC3(C)CC3)c2c1C(=O)NCc1ccc(N2CCOCC2)nn1. The van der Waals surface area contributed by atoms with Crippen molar-refractivity contribution in [1.29, 1.82) is 0 Å². The molecule has 3 aromatic heterocycles. The number of fused-ring (bicyclic) bond motifs is 1. The van der Waals surface area contributed by atoms with Gasteiger partial charge in [-0.2, -0.15) is 5.10 Å². The van der Waals surface area contributed by atoms with E-state index in [1.165, 1.54) is 6.33 Å². The van der Waals surface area contributed by atoms with Crippen molar-refractivity contribution in [2.24, 2.45) is 0 Å². The van der Waals surface area contributed by atoms with Gasteiger partial charge in [-0.3, -0.25) is 4.79 Å². The Labute approximate surface area is 179 Å². The van der Waals surface area contributed by atoms with Crippen LogP contribution in [0.3, 0.4) is 0 Å². The normalized spacial score (nSPS) is 17.5. The standard InChI is InChI=1S/C21H25N7O3/c1-13-16(17-18(25-21(2)5-6-21)23-12-24-20(17)31-13)19(29)22-11-14-3-4-15(27-26-14)28-7-9-30-10-8-28/h3-4,12H,5-11H2,1-2H3,(H,22,29)(H,23,24,25). The topological polar surface area (TPSA) is 118 Å². The lowest BCUT2D eigenvalue weighted by atomic mass is 10.1. The Hall–Kier alpha value is -3.27. The van der Waals surface area contributed by atoms with Crippen LogP contribution in [-0.4, -0.2) is 57.9 Å². The highest BCUT2D eigenvalue weighted by Gasteiger charge is 2.38. The van der Waals surface area contributed by atoms with Crippen LogP contribution in [0.2, 0.25) is 0 Å². The minimum Gasteiger partial charge on any atom is -0.442 e. The second kappa shape index (κ2) is 7.77. The molecule has 162 valence electrons. The van der Waals surface area contributed by atoms with Crippen LogP contribution in [0.1, 0.15) is 41.6 Å². The molecule has 31 heavy (non-hydrogen) atoms. The van der Waals surface area contributed by atoms with Gasteiger partial charge in [0, 0.05) is 18.6 Å². The second-order valence-corrected chi connectivity index (χ2v) is 8.29. The maximum Gasteiger partial charge on any atom is 0.255 e. The van der Waals surface area contributed by atoms with Gasteiger partial charge in [-0.15, -0.1) is 5.10 Å². The summed E-state index contributed by atoms with van der Waals surface area (Å²) in [6.45, 7) is 7.14. The minimum atomic E-state index is -0.255. The summed E-state index contributed by atoms with van der Waals surface area (Å²) in [6, 6.07) is 3.80. The average molecular weight is 423 g/mol. The quantitative estimate of drug-likeness (QED) is 0.614. The Balaban J connectivity index is 1.32. The van der Waals surface area contributed by atoms with Gasteiger partial charge in [0.1, 0.15) is 17.9 Å². The van der Waals surface area contributed by atoms with Crippen LogP contribution in [0.5, 0.6) is 0 Å². The lowest BCUT2D eigenvalue weighted by Gasteiger charge is -2.27. The molecule has 1 saturated heterocycles. The number of furan rings is 1. The molecule has 2 aliphatic rings. The summed E-state index contributed by atoms with van der Waals surface area (Å²) < 4.78 is 11.1. The molecule has 1 aliphatic heterocycles. The first-order valence-corrected chi connectivity index (χ1v) is 10.5. The van der Waals surface area contributed by atoms with E-state index in [9.17, 15) is 4.79 Å². The number of morpholine rings is 1.